The second kappa shape index (κ2) is 6.28. The van der Waals surface area contributed by atoms with E-state index in [1.165, 1.54) is 11.3 Å². The van der Waals surface area contributed by atoms with Gasteiger partial charge in [0.2, 0.25) is 5.91 Å². The van der Waals surface area contributed by atoms with Gasteiger partial charge in [-0.1, -0.05) is 25.1 Å². The van der Waals surface area contributed by atoms with Crippen molar-refractivity contribution in [3.05, 3.63) is 30.3 Å². The summed E-state index contributed by atoms with van der Waals surface area (Å²) in [6.45, 7) is 6.11. The van der Waals surface area contributed by atoms with Gasteiger partial charge in [-0.15, -0.1) is 11.8 Å². The highest BCUT2D eigenvalue weighted by Crippen LogP contribution is 2.25. The fourth-order valence-corrected chi connectivity index (χ4v) is 3.37. The highest BCUT2D eigenvalue weighted by Gasteiger charge is 2.25. The number of hydrogen-bond donors (Lipinski definition) is 0. The molecule has 2 nitrogen and oxygen atoms in total. The predicted octanol–water partition coefficient (Wildman–Crippen LogP) is 3.43. The Morgan fingerprint density at radius 1 is 1.39 bits per heavy atom. The van der Waals surface area contributed by atoms with E-state index >= 15 is 0 Å². The summed E-state index contributed by atoms with van der Waals surface area (Å²) < 4.78 is 0. The number of carbonyl (C=O) groups is 1. The number of rotatable bonds is 3. The van der Waals surface area contributed by atoms with Crippen molar-refractivity contribution in [1.29, 1.82) is 0 Å². The van der Waals surface area contributed by atoms with Crippen LogP contribution in [0.25, 0.3) is 0 Å². The lowest BCUT2D eigenvalue weighted by molar-refractivity contribution is -0.131. The quantitative estimate of drug-likeness (QED) is 0.779. The van der Waals surface area contributed by atoms with Crippen molar-refractivity contribution in [3.63, 3.8) is 0 Å². The molecule has 1 aromatic carbocycles. The second-order valence-electron chi connectivity index (χ2n) is 5.10. The lowest BCUT2D eigenvalue weighted by Crippen LogP contribution is -2.42. The topological polar surface area (TPSA) is 20.3 Å². The van der Waals surface area contributed by atoms with E-state index in [0.717, 1.165) is 19.5 Å². The van der Waals surface area contributed by atoms with Crippen LogP contribution in [-0.4, -0.2) is 29.1 Å². The van der Waals surface area contributed by atoms with Crippen LogP contribution in [0.15, 0.2) is 35.2 Å². The van der Waals surface area contributed by atoms with Gasteiger partial charge >= 0.3 is 0 Å². The molecule has 1 aliphatic rings. The lowest BCUT2D eigenvalue weighted by atomic mass is 10.0. The SMILES string of the molecule is C[C@@H]1CCCN(C(=O)[C@@H](C)Sc2ccccc2)C1. The molecule has 2 atom stereocenters. The number of hydrogen-bond acceptors (Lipinski definition) is 2. The van der Waals surface area contributed by atoms with E-state index in [1.807, 2.05) is 30.0 Å². The third-order valence-electron chi connectivity index (χ3n) is 3.37. The molecule has 0 aromatic heterocycles. The number of piperidine rings is 1. The highest BCUT2D eigenvalue weighted by atomic mass is 32.2. The van der Waals surface area contributed by atoms with Gasteiger partial charge in [-0.05, 0) is 37.8 Å². The van der Waals surface area contributed by atoms with Crippen molar-refractivity contribution in [2.24, 2.45) is 5.92 Å². The summed E-state index contributed by atoms with van der Waals surface area (Å²) in [6.07, 6.45) is 2.40. The zero-order valence-electron chi connectivity index (χ0n) is 11.1. The van der Waals surface area contributed by atoms with E-state index in [-0.39, 0.29) is 11.2 Å². The summed E-state index contributed by atoms with van der Waals surface area (Å²) in [5, 5.41) is 0.0118. The van der Waals surface area contributed by atoms with Crippen molar-refractivity contribution >= 4 is 17.7 Å². The normalized spacial score (nSPS) is 21.7. The van der Waals surface area contributed by atoms with Gasteiger partial charge in [-0.25, -0.2) is 0 Å². The number of benzene rings is 1. The van der Waals surface area contributed by atoms with Crippen LogP contribution in [0.2, 0.25) is 0 Å². The number of nitrogens with zero attached hydrogens (tertiary/aromatic N) is 1. The van der Waals surface area contributed by atoms with Crippen molar-refractivity contribution in [2.45, 2.75) is 36.8 Å². The summed E-state index contributed by atoms with van der Waals surface area (Å²) >= 11 is 1.66. The Labute approximate surface area is 114 Å². The van der Waals surface area contributed by atoms with Gasteiger partial charge in [0.25, 0.3) is 0 Å². The molecule has 98 valence electrons. The fraction of sp³-hybridized carbons (Fsp3) is 0.533. The first-order valence-corrected chi connectivity index (χ1v) is 7.55. The van der Waals surface area contributed by atoms with Crippen LogP contribution in [0, 0.1) is 5.92 Å². The van der Waals surface area contributed by atoms with Crippen molar-refractivity contribution < 1.29 is 4.79 Å². The molecule has 18 heavy (non-hydrogen) atoms. The Morgan fingerprint density at radius 2 is 2.11 bits per heavy atom. The van der Waals surface area contributed by atoms with E-state index in [1.54, 1.807) is 11.8 Å². The summed E-state index contributed by atoms with van der Waals surface area (Å²) in [7, 11) is 0. The maximum Gasteiger partial charge on any atom is 0.235 e. The molecular formula is C15H21NOS. The number of thioether (sulfide) groups is 1. The highest BCUT2D eigenvalue weighted by molar-refractivity contribution is 8.00. The number of carbonyl (C=O) groups excluding carboxylic acids is 1. The minimum atomic E-state index is 0.0118. The maximum atomic E-state index is 12.4. The summed E-state index contributed by atoms with van der Waals surface area (Å²) in [5.74, 6) is 0.937. The van der Waals surface area contributed by atoms with Crippen LogP contribution < -0.4 is 0 Å². The van der Waals surface area contributed by atoms with E-state index in [9.17, 15) is 4.79 Å². The van der Waals surface area contributed by atoms with E-state index in [4.69, 9.17) is 0 Å². The van der Waals surface area contributed by atoms with Gasteiger partial charge in [0.05, 0.1) is 5.25 Å². The van der Waals surface area contributed by atoms with Gasteiger partial charge in [-0.2, -0.15) is 0 Å². The first kappa shape index (κ1) is 13.5. The average molecular weight is 263 g/mol. The largest absolute Gasteiger partial charge is 0.341 e. The summed E-state index contributed by atoms with van der Waals surface area (Å²) in [4.78, 5) is 15.6. The average Bonchev–Trinajstić information content (AvgIpc) is 2.39. The van der Waals surface area contributed by atoms with E-state index < -0.39 is 0 Å². The zero-order valence-corrected chi connectivity index (χ0v) is 12.0. The first-order chi connectivity index (χ1) is 8.66. The minimum Gasteiger partial charge on any atom is -0.341 e. The molecule has 0 N–H and O–H groups in total. The van der Waals surface area contributed by atoms with Gasteiger partial charge in [0.1, 0.15) is 0 Å². The van der Waals surface area contributed by atoms with Crippen LogP contribution in [-0.2, 0) is 4.79 Å². The third kappa shape index (κ3) is 3.52. The van der Waals surface area contributed by atoms with Crippen molar-refractivity contribution in [1.82, 2.24) is 4.90 Å². The molecule has 0 spiro atoms. The molecule has 1 heterocycles. The van der Waals surface area contributed by atoms with Crippen LogP contribution in [0.3, 0.4) is 0 Å². The molecule has 0 radical (unpaired) electrons. The van der Waals surface area contributed by atoms with Crippen LogP contribution in [0.1, 0.15) is 26.7 Å². The summed E-state index contributed by atoms with van der Waals surface area (Å²) in [6, 6.07) is 10.2. The predicted molar refractivity (Wildman–Crippen MR) is 76.7 cm³/mol. The van der Waals surface area contributed by atoms with Crippen LogP contribution in [0.4, 0.5) is 0 Å². The standard InChI is InChI=1S/C15H21NOS/c1-12-7-6-10-16(11-12)15(17)13(2)18-14-8-4-3-5-9-14/h3-5,8-9,12-13H,6-7,10-11H2,1-2H3/t12-,13-/m1/s1. The maximum absolute atomic E-state index is 12.4. The molecule has 1 aromatic rings. The monoisotopic (exact) mass is 263 g/mol. The minimum absolute atomic E-state index is 0.0118. The summed E-state index contributed by atoms with van der Waals surface area (Å²) in [5.41, 5.74) is 0. The van der Waals surface area contributed by atoms with Crippen molar-refractivity contribution in [2.75, 3.05) is 13.1 Å². The molecule has 0 bridgehead atoms. The molecule has 3 heteroatoms. The Morgan fingerprint density at radius 3 is 2.78 bits per heavy atom. The molecule has 0 saturated carbocycles. The van der Waals surface area contributed by atoms with E-state index in [2.05, 4.69) is 19.1 Å². The van der Waals surface area contributed by atoms with E-state index in [0.29, 0.717) is 5.92 Å². The zero-order chi connectivity index (χ0) is 13.0. The molecule has 2 rings (SSSR count). The lowest BCUT2D eigenvalue weighted by Gasteiger charge is -2.32. The van der Waals surface area contributed by atoms with Gasteiger partial charge in [0, 0.05) is 18.0 Å². The Kier molecular flexibility index (Phi) is 4.70. The molecule has 1 fully saturated rings. The molecule has 0 unspecified atom stereocenters. The molecular weight excluding hydrogens is 242 g/mol. The number of amides is 1. The Bertz CT molecular complexity index is 393. The Hall–Kier alpha value is -0.960. The van der Waals surface area contributed by atoms with Crippen LogP contribution >= 0.6 is 11.8 Å². The van der Waals surface area contributed by atoms with Crippen LogP contribution in [0.5, 0.6) is 0 Å². The van der Waals surface area contributed by atoms with Gasteiger partial charge < -0.3 is 4.90 Å². The molecule has 0 aliphatic carbocycles. The van der Waals surface area contributed by atoms with Gasteiger partial charge in [0.15, 0.2) is 0 Å². The molecule has 1 saturated heterocycles. The Balaban J connectivity index is 1.92. The smallest absolute Gasteiger partial charge is 0.235 e. The van der Waals surface area contributed by atoms with Gasteiger partial charge in [-0.3, -0.25) is 4.79 Å². The van der Waals surface area contributed by atoms with Crippen molar-refractivity contribution in [3.8, 4) is 0 Å². The second-order valence-corrected chi connectivity index (χ2v) is 6.52. The first-order valence-electron chi connectivity index (χ1n) is 6.67. The number of likely N-dealkylation sites (tertiary alicyclic amines) is 1. The third-order valence-corrected chi connectivity index (χ3v) is 4.47. The fourth-order valence-electron chi connectivity index (χ4n) is 2.40. The molecule has 1 amide bonds. The molecule has 1 aliphatic heterocycles.